The van der Waals surface area contributed by atoms with Crippen molar-refractivity contribution >= 4 is 17.5 Å². The Bertz CT molecular complexity index is 656. The largest absolute Gasteiger partial charge is 0.481 e. The number of aliphatic carboxylic acids is 1. The number of carbonyl (C=O) groups excluding carboxylic acids is 1. The predicted molar refractivity (Wildman–Crippen MR) is 93.7 cm³/mol. The van der Waals surface area contributed by atoms with Crippen LogP contribution in [0.1, 0.15) is 56.7 Å². The summed E-state index contributed by atoms with van der Waals surface area (Å²) >= 11 is 0. The van der Waals surface area contributed by atoms with E-state index in [1.807, 2.05) is 19.1 Å². The van der Waals surface area contributed by atoms with Crippen molar-refractivity contribution in [3.8, 4) is 0 Å². The van der Waals surface area contributed by atoms with E-state index >= 15 is 0 Å². The number of rotatable bonds is 7. The molecule has 0 spiro atoms. The fourth-order valence-corrected chi connectivity index (χ4v) is 3.16. The summed E-state index contributed by atoms with van der Waals surface area (Å²) in [6, 6.07) is 6.08. The molecule has 0 aliphatic heterocycles. The number of hydrogen-bond acceptors (Lipinski definition) is 3. The number of esters is 1. The summed E-state index contributed by atoms with van der Waals surface area (Å²) in [6.45, 7) is 5.73. The molecule has 0 fully saturated rings. The van der Waals surface area contributed by atoms with E-state index < -0.39 is 11.4 Å². The fourth-order valence-electron chi connectivity index (χ4n) is 3.16. The standard InChI is InChI=1S/C20H26O4/c1-4-24-18(21)12-11-14-7-5-10-17-15(8-6-9-16(14)17)13-20(2,3)19(22)23/h6-9H,4-5,10-13H2,1-3H3,(H,22,23). The van der Waals surface area contributed by atoms with E-state index in [0.29, 0.717) is 25.9 Å². The topological polar surface area (TPSA) is 63.6 Å². The minimum atomic E-state index is -0.790. The molecule has 4 nitrogen and oxygen atoms in total. The minimum absolute atomic E-state index is 0.173. The molecule has 0 radical (unpaired) electrons. The Labute approximate surface area is 143 Å². The molecule has 1 aliphatic rings. The molecule has 1 aromatic rings. The van der Waals surface area contributed by atoms with E-state index in [0.717, 1.165) is 24.0 Å². The van der Waals surface area contributed by atoms with Gasteiger partial charge >= 0.3 is 11.9 Å². The first kappa shape index (κ1) is 18.2. The second-order valence-electron chi connectivity index (χ2n) is 6.88. The monoisotopic (exact) mass is 330 g/mol. The summed E-state index contributed by atoms with van der Waals surface area (Å²) in [5, 5.41) is 9.39. The van der Waals surface area contributed by atoms with Crippen molar-refractivity contribution in [3.05, 3.63) is 41.0 Å². The third-order valence-corrected chi connectivity index (χ3v) is 4.52. The van der Waals surface area contributed by atoms with Crippen LogP contribution in [0.5, 0.6) is 0 Å². The van der Waals surface area contributed by atoms with Gasteiger partial charge in [-0.1, -0.05) is 24.3 Å². The highest BCUT2D eigenvalue weighted by Crippen LogP contribution is 2.34. The average Bonchev–Trinajstić information content (AvgIpc) is 2.53. The minimum Gasteiger partial charge on any atom is -0.481 e. The van der Waals surface area contributed by atoms with Gasteiger partial charge in [-0.25, -0.2) is 0 Å². The van der Waals surface area contributed by atoms with E-state index in [9.17, 15) is 14.7 Å². The molecule has 0 aromatic heterocycles. The van der Waals surface area contributed by atoms with Crippen molar-refractivity contribution in [1.29, 1.82) is 0 Å². The highest BCUT2D eigenvalue weighted by atomic mass is 16.5. The molecular formula is C20H26O4. The molecule has 0 unspecified atom stereocenters. The lowest BCUT2D eigenvalue weighted by molar-refractivity contribution is -0.147. The molecule has 0 heterocycles. The zero-order valence-corrected chi connectivity index (χ0v) is 14.7. The van der Waals surface area contributed by atoms with Crippen molar-refractivity contribution in [3.63, 3.8) is 0 Å². The molecule has 130 valence electrons. The number of benzene rings is 1. The fraction of sp³-hybridized carbons (Fsp3) is 0.500. The molecule has 0 bridgehead atoms. The van der Waals surface area contributed by atoms with Crippen LogP contribution in [0.3, 0.4) is 0 Å². The van der Waals surface area contributed by atoms with Gasteiger partial charge in [-0.3, -0.25) is 9.59 Å². The molecule has 0 saturated heterocycles. The molecule has 1 N–H and O–H groups in total. The van der Waals surface area contributed by atoms with Crippen LogP contribution in [0.15, 0.2) is 24.3 Å². The second kappa shape index (κ2) is 7.65. The van der Waals surface area contributed by atoms with Crippen molar-refractivity contribution in [2.45, 2.75) is 52.9 Å². The van der Waals surface area contributed by atoms with Gasteiger partial charge in [0.2, 0.25) is 0 Å². The maximum Gasteiger partial charge on any atom is 0.309 e. The number of ether oxygens (including phenoxy) is 1. The van der Waals surface area contributed by atoms with Gasteiger partial charge in [0.1, 0.15) is 0 Å². The number of carbonyl (C=O) groups is 2. The number of carboxylic acid groups (broad SMARTS) is 1. The van der Waals surface area contributed by atoms with Crippen molar-refractivity contribution in [2.75, 3.05) is 6.61 Å². The Morgan fingerprint density at radius 3 is 2.71 bits per heavy atom. The van der Waals surface area contributed by atoms with Gasteiger partial charge < -0.3 is 9.84 Å². The van der Waals surface area contributed by atoms with Crippen LogP contribution in [-0.2, 0) is 27.2 Å². The van der Waals surface area contributed by atoms with Crippen LogP contribution in [0, 0.1) is 5.41 Å². The molecule has 0 atom stereocenters. The van der Waals surface area contributed by atoms with Crippen molar-refractivity contribution < 1.29 is 19.4 Å². The highest BCUT2D eigenvalue weighted by Gasteiger charge is 2.29. The van der Waals surface area contributed by atoms with E-state index in [1.165, 1.54) is 11.1 Å². The van der Waals surface area contributed by atoms with Crippen LogP contribution in [-0.4, -0.2) is 23.7 Å². The Morgan fingerprint density at radius 2 is 2.04 bits per heavy atom. The molecule has 0 saturated carbocycles. The molecule has 1 aliphatic carbocycles. The maximum atomic E-state index is 11.6. The number of hydrogen-bond donors (Lipinski definition) is 1. The van der Waals surface area contributed by atoms with E-state index in [1.54, 1.807) is 13.8 Å². The Morgan fingerprint density at radius 1 is 1.29 bits per heavy atom. The quantitative estimate of drug-likeness (QED) is 0.767. The first-order chi connectivity index (χ1) is 11.3. The molecule has 4 heteroatoms. The zero-order chi connectivity index (χ0) is 17.7. The third kappa shape index (κ3) is 4.25. The number of allylic oxidation sites excluding steroid dienone is 2. The first-order valence-corrected chi connectivity index (χ1v) is 8.54. The van der Waals surface area contributed by atoms with Crippen molar-refractivity contribution in [1.82, 2.24) is 0 Å². The molecule has 1 aromatic carbocycles. The predicted octanol–water partition coefficient (Wildman–Crippen LogP) is 4.01. The van der Waals surface area contributed by atoms with E-state index in [4.69, 9.17) is 4.74 Å². The summed E-state index contributed by atoms with van der Waals surface area (Å²) in [7, 11) is 0. The Hall–Kier alpha value is -2.10. The lowest BCUT2D eigenvalue weighted by atomic mass is 9.79. The lowest BCUT2D eigenvalue weighted by Crippen LogP contribution is -2.27. The van der Waals surface area contributed by atoms with Crippen LogP contribution in [0.25, 0.3) is 5.57 Å². The third-order valence-electron chi connectivity index (χ3n) is 4.52. The van der Waals surface area contributed by atoms with Gasteiger partial charge in [0.15, 0.2) is 0 Å². The summed E-state index contributed by atoms with van der Waals surface area (Å²) < 4.78 is 5.01. The second-order valence-corrected chi connectivity index (χ2v) is 6.88. The van der Waals surface area contributed by atoms with Crippen molar-refractivity contribution in [2.24, 2.45) is 5.41 Å². The van der Waals surface area contributed by atoms with E-state index in [-0.39, 0.29) is 5.97 Å². The number of carboxylic acids is 1. The lowest BCUT2D eigenvalue weighted by Gasteiger charge is -2.25. The number of fused-ring (bicyclic) bond motifs is 1. The summed E-state index contributed by atoms with van der Waals surface area (Å²) in [4.78, 5) is 23.0. The average molecular weight is 330 g/mol. The molecule has 2 rings (SSSR count). The summed E-state index contributed by atoms with van der Waals surface area (Å²) in [5.41, 5.74) is 3.86. The van der Waals surface area contributed by atoms with Crippen LogP contribution in [0.4, 0.5) is 0 Å². The van der Waals surface area contributed by atoms with Crippen LogP contribution >= 0.6 is 0 Å². The van der Waals surface area contributed by atoms with Crippen LogP contribution < -0.4 is 0 Å². The van der Waals surface area contributed by atoms with Gasteiger partial charge in [0, 0.05) is 6.42 Å². The summed E-state index contributed by atoms with van der Waals surface area (Å²) in [6.07, 6.45) is 5.59. The van der Waals surface area contributed by atoms with Gasteiger partial charge in [-0.15, -0.1) is 0 Å². The zero-order valence-electron chi connectivity index (χ0n) is 14.7. The van der Waals surface area contributed by atoms with Gasteiger partial charge in [0.25, 0.3) is 0 Å². The molecule has 24 heavy (non-hydrogen) atoms. The van der Waals surface area contributed by atoms with Gasteiger partial charge in [-0.05, 0) is 68.7 Å². The first-order valence-electron chi connectivity index (χ1n) is 8.54. The normalized spacial score (nSPS) is 13.9. The highest BCUT2D eigenvalue weighted by molar-refractivity contribution is 5.77. The maximum absolute atomic E-state index is 11.6. The summed E-state index contributed by atoms with van der Waals surface area (Å²) in [5.74, 6) is -0.956. The van der Waals surface area contributed by atoms with Gasteiger partial charge in [-0.2, -0.15) is 0 Å². The molecular weight excluding hydrogens is 304 g/mol. The Kier molecular flexibility index (Phi) is 5.81. The van der Waals surface area contributed by atoms with E-state index in [2.05, 4.69) is 12.1 Å². The Balaban J connectivity index is 2.21. The van der Waals surface area contributed by atoms with Gasteiger partial charge in [0.05, 0.1) is 12.0 Å². The smallest absolute Gasteiger partial charge is 0.309 e. The van der Waals surface area contributed by atoms with Crippen LogP contribution in [0.2, 0.25) is 0 Å². The molecule has 0 amide bonds. The SMILES string of the molecule is CCOC(=O)CCC1=CCCc2c(CC(C)(C)C(=O)O)cccc21.